The van der Waals surface area contributed by atoms with Crippen molar-refractivity contribution in [2.75, 3.05) is 49.3 Å². The molecule has 0 aliphatic carbocycles. The molecule has 2 N–H and O–H groups in total. The lowest BCUT2D eigenvalue weighted by atomic mass is 10.1. The second-order valence-corrected chi connectivity index (χ2v) is 11.1. The highest BCUT2D eigenvalue weighted by molar-refractivity contribution is 7.92. The third-order valence-electron chi connectivity index (χ3n) is 6.55. The zero-order valence-electron chi connectivity index (χ0n) is 20.5. The lowest BCUT2D eigenvalue weighted by Gasteiger charge is -2.35. The molecule has 36 heavy (non-hydrogen) atoms. The normalized spacial score (nSPS) is 15.0. The van der Waals surface area contributed by atoms with E-state index in [1.807, 2.05) is 36.4 Å². The van der Waals surface area contributed by atoms with Gasteiger partial charge < -0.3 is 5.73 Å². The molecule has 1 saturated heterocycles. The van der Waals surface area contributed by atoms with Gasteiger partial charge in [-0.2, -0.15) is 0 Å². The summed E-state index contributed by atoms with van der Waals surface area (Å²) in [4.78, 5) is 16.5. The number of piperazine rings is 1. The van der Waals surface area contributed by atoms with Crippen LogP contribution in [0, 0.1) is 0 Å². The molecule has 1 fully saturated rings. The zero-order chi connectivity index (χ0) is 25.4. The maximum Gasteiger partial charge on any atom is 0.236 e. The molecule has 0 radical (unpaired) electrons. The predicted molar refractivity (Wildman–Crippen MR) is 144 cm³/mol. The fourth-order valence-corrected chi connectivity index (χ4v) is 5.89. The quantitative estimate of drug-likeness (QED) is 0.403. The lowest BCUT2D eigenvalue weighted by Crippen LogP contribution is -2.48. The number of carbonyl (C=O) groups is 1. The van der Waals surface area contributed by atoms with E-state index in [1.54, 1.807) is 24.3 Å². The maximum atomic E-state index is 13.5. The van der Waals surface area contributed by atoms with Gasteiger partial charge in [-0.15, -0.1) is 0 Å². The van der Waals surface area contributed by atoms with Crippen LogP contribution in [0.15, 0.2) is 84.9 Å². The summed E-state index contributed by atoms with van der Waals surface area (Å²) in [5, 5.41) is 0. The first-order valence-electron chi connectivity index (χ1n) is 12.3. The Kier molecular flexibility index (Phi) is 8.88. The molecule has 0 unspecified atom stereocenters. The van der Waals surface area contributed by atoms with Crippen molar-refractivity contribution in [2.24, 2.45) is 5.73 Å². The fourth-order valence-electron chi connectivity index (χ4n) is 4.39. The van der Waals surface area contributed by atoms with Gasteiger partial charge in [0.2, 0.25) is 10.0 Å². The number of ketones is 1. The molecule has 1 aliphatic heterocycles. The van der Waals surface area contributed by atoms with Crippen LogP contribution in [0.5, 0.6) is 0 Å². The maximum absolute atomic E-state index is 13.5. The summed E-state index contributed by atoms with van der Waals surface area (Å²) in [6, 6.07) is 26.6. The molecule has 0 spiro atoms. The summed E-state index contributed by atoms with van der Waals surface area (Å²) in [5.74, 6) is -0.0948. The van der Waals surface area contributed by atoms with Crippen molar-refractivity contribution in [1.82, 2.24) is 9.80 Å². The zero-order valence-corrected chi connectivity index (χ0v) is 21.3. The molecule has 190 valence electrons. The van der Waals surface area contributed by atoms with E-state index in [0.29, 0.717) is 17.8 Å². The van der Waals surface area contributed by atoms with E-state index in [4.69, 9.17) is 5.73 Å². The largest absolute Gasteiger partial charge is 0.324 e. The van der Waals surface area contributed by atoms with Crippen LogP contribution in [0.25, 0.3) is 0 Å². The molecule has 3 aromatic carbocycles. The van der Waals surface area contributed by atoms with Gasteiger partial charge in [0.05, 0.1) is 24.5 Å². The summed E-state index contributed by atoms with van der Waals surface area (Å²) >= 11 is 0. The molecular formula is C28H34N4O3S. The highest BCUT2D eigenvalue weighted by Gasteiger charge is 2.25. The van der Waals surface area contributed by atoms with Crippen molar-refractivity contribution < 1.29 is 13.2 Å². The van der Waals surface area contributed by atoms with Crippen LogP contribution >= 0.6 is 0 Å². The van der Waals surface area contributed by atoms with Gasteiger partial charge in [-0.05, 0) is 23.3 Å². The van der Waals surface area contributed by atoms with Crippen molar-refractivity contribution in [2.45, 2.75) is 13.1 Å². The number of nitrogens with two attached hydrogens (primary N) is 1. The van der Waals surface area contributed by atoms with Gasteiger partial charge in [0, 0.05) is 44.8 Å². The monoisotopic (exact) mass is 506 g/mol. The molecule has 0 saturated carbocycles. The summed E-state index contributed by atoms with van der Waals surface area (Å²) < 4.78 is 28.5. The number of benzene rings is 3. The van der Waals surface area contributed by atoms with E-state index >= 15 is 0 Å². The second-order valence-electron chi connectivity index (χ2n) is 9.09. The minimum Gasteiger partial charge on any atom is -0.324 e. The lowest BCUT2D eigenvalue weighted by molar-refractivity contribution is 0.100. The number of rotatable bonds is 11. The van der Waals surface area contributed by atoms with Gasteiger partial charge in [-0.3, -0.25) is 18.9 Å². The van der Waals surface area contributed by atoms with Gasteiger partial charge >= 0.3 is 0 Å². The highest BCUT2D eigenvalue weighted by Crippen LogP contribution is 2.22. The van der Waals surface area contributed by atoms with Gasteiger partial charge in [-0.1, -0.05) is 72.8 Å². The number of para-hydroxylation sites is 1. The number of hydrogen-bond donors (Lipinski definition) is 1. The van der Waals surface area contributed by atoms with Crippen molar-refractivity contribution >= 4 is 21.5 Å². The summed E-state index contributed by atoms with van der Waals surface area (Å²) in [7, 11) is -3.58. The Balaban J connectivity index is 1.38. The molecular weight excluding hydrogens is 472 g/mol. The molecule has 3 aromatic rings. The van der Waals surface area contributed by atoms with Crippen LogP contribution in [0.1, 0.15) is 21.5 Å². The Morgan fingerprint density at radius 2 is 1.36 bits per heavy atom. The van der Waals surface area contributed by atoms with E-state index in [0.717, 1.165) is 38.3 Å². The van der Waals surface area contributed by atoms with E-state index < -0.39 is 10.0 Å². The summed E-state index contributed by atoms with van der Waals surface area (Å²) in [6.45, 7) is 5.11. The molecule has 0 aromatic heterocycles. The molecule has 0 atom stereocenters. The van der Waals surface area contributed by atoms with E-state index in [-0.39, 0.29) is 24.6 Å². The first kappa shape index (κ1) is 26.0. The first-order chi connectivity index (χ1) is 17.4. The summed E-state index contributed by atoms with van der Waals surface area (Å²) in [6.07, 6.45) is 0. The average molecular weight is 507 g/mol. The molecule has 8 heteroatoms. The third kappa shape index (κ3) is 7.01. The predicted octanol–water partition coefficient (Wildman–Crippen LogP) is 2.98. The van der Waals surface area contributed by atoms with Crippen LogP contribution in [-0.4, -0.2) is 69.0 Å². The molecule has 1 aliphatic rings. The minimum atomic E-state index is -3.58. The van der Waals surface area contributed by atoms with Crippen LogP contribution in [0.3, 0.4) is 0 Å². The average Bonchev–Trinajstić information content (AvgIpc) is 2.92. The third-order valence-corrected chi connectivity index (χ3v) is 8.26. The van der Waals surface area contributed by atoms with Crippen molar-refractivity contribution in [3.63, 3.8) is 0 Å². The topological polar surface area (TPSA) is 86.9 Å². The molecule has 1 heterocycles. The molecule has 4 rings (SSSR count). The number of sulfonamides is 1. The van der Waals surface area contributed by atoms with Crippen LogP contribution in [0.2, 0.25) is 0 Å². The Bertz CT molecular complexity index is 1210. The Hall–Kier alpha value is -3.04. The number of carbonyl (C=O) groups excluding carboxylic acids is 1. The van der Waals surface area contributed by atoms with Crippen LogP contribution in [0.4, 0.5) is 5.69 Å². The van der Waals surface area contributed by atoms with E-state index in [9.17, 15) is 13.2 Å². The number of nitrogens with zero attached hydrogens (tertiary/aromatic N) is 3. The van der Waals surface area contributed by atoms with E-state index in [1.165, 1.54) is 9.87 Å². The molecule has 7 nitrogen and oxygen atoms in total. The van der Waals surface area contributed by atoms with Crippen LogP contribution in [-0.2, 0) is 23.1 Å². The Morgan fingerprint density at radius 3 is 1.97 bits per heavy atom. The Labute approximate surface area is 214 Å². The first-order valence-corrected chi connectivity index (χ1v) is 13.9. The highest BCUT2D eigenvalue weighted by atomic mass is 32.2. The van der Waals surface area contributed by atoms with Crippen LogP contribution < -0.4 is 10.0 Å². The van der Waals surface area contributed by atoms with Gasteiger partial charge in [-0.25, -0.2) is 8.42 Å². The van der Waals surface area contributed by atoms with Gasteiger partial charge in [0.15, 0.2) is 5.78 Å². The fraction of sp³-hybridized carbons (Fsp3) is 0.321. The summed E-state index contributed by atoms with van der Waals surface area (Å²) in [5.41, 5.74) is 8.72. The van der Waals surface area contributed by atoms with Gasteiger partial charge in [0.1, 0.15) is 0 Å². The van der Waals surface area contributed by atoms with Crippen molar-refractivity contribution in [3.8, 4) is 0 Å². The Morgan fingerprint density at radius 1 is 0.778 bits per heavy atom. The molecule has 0 bridgehead atoms. The number of Topliss-reactive ketones (excluding diaryl/α,β-unsaturated/α-hetero) is 1. The minimum absolute atomic E-state index is 0.0460. The van der Waals surface area contributed by atoms with E-state index in [2.05, 4.69) is 34.1 Å². The second kappa shape index (κ2) is 12.3. The smallest absolute Gasteiger partial charge is 0.236 e. The van der Waals surface area contributed by atoms with Crippen molar-refractivity contribution in [3.05, 3.63) is 102 Å². The number of anilines is 1. The standard InChI is InChI=1S/C28H34N4O3S/c29-21-28(33)26-13-11-25(12-14-26)23-32(27-9-5-2-6-10-27)36(34,35)20-19-30-15-17-31(18-16-30)22-24-7-3-1-4-8-24/h1-14H,15-23,29H2. The van der Waals surface area contributed by atoms with Crippen molar-refractivity contribution in [1.29, 1.82) is 0 Å². The van der Waals surface area contributed by atoms with Gasteiger partial charge in [0.25, 0.3) is 0 Å². The number of hydrogen-bond acceptors (Lipinski definition) is 6. The SMILES string of the molecule is NCC(=O)c1ccc(CN(c2ccccc2)S(=O)(=O)CCN2CCN(Cc3ccccc3)CC2)cc1. The molecule has 0 amide bonds.